The second-order valence-electron chi connectivity index (χ2n) is 4.04. The fraction of sp³-hybridized carbons (Fsp3) is 0.0769. The Bertz CT molecular complexity index is 770. The minimum absolute atomic E-state index is 0.347. The highest BCUT2D eigenvalue weighted by Gasteiger charge is 2.08. The molecule has 92 valence electrons. The van der Waals surface area contributed by atoms with Crippen LogP contribution in [-0.4, -0.2) is 27.0 Å². The summed E-state index contributed by atoms with van der Waals surface area (Å²) < 4.78 is 0. The Morgan fingerprint density at radius 1 is 1.21 bits per heavy atom. The van der Waals surface area contributed by atoms with Crippen molar-refractivity contribution in [3.63, 3.8) is 0 Å². The molecule has 0 aliphatic carbocycles. The Balaban J connectivity index is 2.02. The zero-order valence-corrected chi connectivity index (χ0v) is 10.2. The molecule has 0 atom stereocenters. The number of nitriles is 1. The van der Waals surface area contributed by atoms with E-state index in [1.165, 1.54) is 6.33 Å². The van der Waals surface area contributed by atoms with Gasteiger partial charge in [0.05, 0.1) is 17.4 Å². The summed E-state index contributed by atoms with van der Waals surface area (Å²) in [5, 5.41) is 8.86. The highest BCUT2D eigenvalue weighted by molar-refractivity contribution is 5.80. The van der Waals surface area contributed by atoms with Crippen molar-refractivity contribution in [1.29, 1.82) is 5.26 Å². The molecule has 6 nitrogen and oxygen atoms in total. The lowest BCUT2D eigenvalue weighted by molar-refractivity contribution is 1.07. The molecule has 0 saturated heterocycles. The smallest absolute Gasteiger partial charge is 0.145 e. The molecule has 0 radical (unpaired) electrons. The predicted octanol–water partition coefficient (Wildman–Crippen LogP) is 1.99. The summed E-state index contributed by atoms with van der Waals surface area (Å²) in [6.07, 6.45) is 3.05. The zero-order valence-electron chi connectivity index (χ0n) is 10.2. The molecule has 3 rings (SSSR count). The van der Waals surface area contributed by atoms with Gasteiger partial charge in [-0.25, -0.2) is 15.0 Å². The lowest BCUT2D eigenvalue weighted by Crippen LogP contribution is -2.11. The van der Waals surface area contributed by atoms with E-state index in [1.54, 1.807) is 12.4 Å². The average Bonchev–Trinajstić information content (AvgIpc) is 2.94. The molecule has 1 N–H and O–H groups in total. The Labute approximate surface area is 109 Å². The summed E-state index contributed by atoms with van der Waals surface area (Å²) in [7, 11) is 1.89. The number of anilines is 2. The first-order valence-corrected chi connectivity index (χ1v) is 5.67. The lowest BCUT2D eigenvalue weighted by Gasteiger charge is -2.17. The summed E-state index contributed by atoms with van der Waals surface area (Å²) in [6, 6.07) is 9.53. The molecule has 3 aromatic rings. The fourth-order valence-electron chi connectivity index (χ4n) is 1.86. The van der Waals surface area contributed by atoms with Gasteiger partial charge in [-0.1, -0.05) is 0 Å². The number of hydrogen-bond acceptors (Lipinski definition) is 5. The number of H-pyrrole nitrogens is 1. The molecule has 0 bridgehead atoms. The third-order valence-electron chi connectivity index (χ3n) is 2.90. The van der Waals surface area contributed by atoms with Crippen molar-refractivity contribution in [2.24, 2.45) is 0 Å². The number of nitrogens with zero attached hydrogens (tertiary/aromatic N) is 5. The minimum Gasteiger partial charge on any atom is -0.345 e. The molecule has 0 unspecified atom stereocenters. The zero-order chi connectivity index (χ0) is 13.2. The van der Waals surface area contributed by atoms with Crippen LogP contribution in [0.4, 0.5) is 11.5 Å². The normalized spacial score (nSPS) is 10.3. The summed E-state index contributed by atoms with van der Waals surface area (Å²) in [6.45, 7) is 0. The minimum atomic E-state index is 0.347. The number of benzene rings is 1. The van der Waals surface area contributed by atoms with E-state index >= 15 is 0 Å². The lowest BCUT2D eigenvalue weighted by atomic mass is 10.2. The van der Waals surface area contributed by atoms with Gasteiger partial charge >= 0.3 is 0 Å². The van der Waals surface area contributed by atoms with E-state index in [0.29, 0.717) is 11.5 Å². The first kappa shape index (κ1) is 11.2. The fourth-order valence-corrected chi connectivity index (χ4v) is 1.86. The molecule has 0 aliphatic heterocycles. The second-order valence-corrected chi connectivity index (χ2v) is 4.04. The van der Waals surface area contributed by atoms with E-state index in [4.69, 9.17) is 5.26 Å². The molecule has 2 heterocycles. The van der Waals surface area contributed by atoms with Crippen molar-refractivity contribution in [2.75, 3.05) is 11.9 Å². The predicted molar refractivity (Wildman–Crippen MR) is 70.9 cm³/mol. The maximum absolute atomic E-state index is 8.86. The van der Waals surface area contributed by atoms with E-state index in [9.17, 15) is 0 Å². The molecule has 0 amide bonds. The van der Waals surface area contributed by atoms with Crippen molar-refractivity contribution in [1.82, 2.24) is 19.9 Å². The van der Waals surface area contributed by atoms with Gasteiger partial charge in [0, 0.05) is 18.8 Å². The van der Waals surface area contributed by atoms with Crippen LogP contribution in [0.3, 0.4) is 0 Å². The van der Waals surface area contributed by atoms with Crippen LogP contribution in [0.25, 0.3) is 11.0 Å². The van der Waals surface area contributed by atoms with Gasteiger partial charge in [0.1, 0.15) is 23.9 Å². The quantitative estimate of drug-likeness (QED) is 0.752. The maximum atomic E-state index is 8.86. The van der Waals surface area contributed by atoms with E-state index in [1.807, 2.05) is 36.2 Å². The number of aromatic amines is 1. The average molecular weight is 250 g/mol. The standard InChI is InChI=1S/C13H10N6/c1-19(13-4-9(6-14)15-7-18-13)10-2-3-11-12(5-10)17-8-16-11/h2-5,7-8H,1H3,(H,16,17). The van der Waals surface area contributed by atoms with Crippen LogP contribution < -0.4 is 4.90 Å². The SMILES string of the molecule is CN(c1ccc2nc[nH]c2c1)c1cc(C#N)ncn1. The topological polar surface area (TPSA) is 81.5 Å². The molecule has 0 aliphatic rings. The van der Waals surface area contributed by atoms with Crippen LogP contribution in [0.5, 0.6) is 0 Å². The molecule has 1 aromatic carbocycles. The number of hydrogen-bond donors (Lipinski definition) is 1. The van der Waals surface area contributed by atoms with Crippen molar-refractivity contribution >= 4 is 22.5 Å². The van der Waals surface area contributed by atoms with Gasteiger partial charge in [0.2, 0.25) is 0 Å². The van der Waals surface area contributed by atoms with Gasteiger partial charge in [-0.3, -0.25) is 0 Å². The summed E-state index contributed by atoms with van der Waals surface area (Å²) in [4.78, 5) is 17.2. The van der Waals surface area contributed by atoms with Crippen molar-refractivity contribution in [2.45, 2.75) is 0 Å². The molecule has 0 fully saturated rings. The second kappa shape index (κ2) is 4.38. The van der Waals surface area contributed by atoms with Gasteiger partial charge in [-0.15, -0.1) is 0 Å². The molecule has 2 aromatic heterocycles. The number of aromatic nitrogens is 4. The molecule has 0 saturated carbocycles. The molecule has 19 heavy (non-hydrogen) atoms. The van der Waals surface area contributed by atoms with Crippen molar-refractivity contribution < 1.29 is 0 Å². The summed E-state index contributed by atoms with van der Waals surface area (Å²) in [5.74, 6) is 0.672. The van der Waals surface area contributed by atoms with E-state index in [0.717, 1.165) is 16.7 Å². The monoisotopic (exact) mass is 250 g/mol. The van der Waals surface area contributed by atoms with Gasteiger partial charge in [-0.05, 0) is 18.2 Å². The Kier molecular flexibility index (Phi) is 2.58. The van der Waals surface area contributed by atoms with Gasteiger partial charge in [-0.2, -0.15) is 5.26 Å². The number of rotatable bonds is 2. The van der Waals surface area contributed by atoms with Crippen LogP contribution in [0.2, 0.25) is 0 Å². The third-order valence-corrected chi connectivity index (χ3v) is 2.90. The van der Waals surface area contributed by atoms with Crippen LogP contribution in [0.1, 0.15) is 5.69 Å². The molecule has 6 heteroatoms. The summed E-state index contributed by atoms with van der Waals surface area (Å²) in [5.41, 5.74) is 3.18. The van der Waals surface area contributed by atoms with Crippen LogP contribution in [0.15, 0.2) is 36.9 Å². The summed E-state index contributed by atoms with van der Waals surface area (Å²) >= 11 is 0. The largest absolute Gasteiger partial charge is 0.345 e. The third kappa shape index (κ3) is 1.98. The maximum Gasteiger partial charge on any atom is 0.145 e. The molecular formula is C13H10N6. The van der Waals surface area contributed by atoms with Crippen molar-refractivity contribution in [3.8, 4) is 6.07 Å². The Morgan fingerprint density at radius 2 is 2.11 bits per heavy atom. The highest BCUT2D eigenvalue weighted by Crippen LogP contribution is 2.24. The molecular weight excluding hydrogens is 240 g/mol. The van der Waals surface area contributed by atoms with E-state index in [2.05, 4.69) is 19.9 Å². The first-order valence-electron chi connectivity index (χ1n) is 5.67. The van der Waals surface area contributed by atoms with Crippen LogP contribution >= 0.6 is 0 Å². The van der Waals surface area contributed by atoms with Gasteiger partial charge in [0.25, 0.3) is 0 Å². The van der Waals surface area contributed by atoms with E-state index < -0.39 is 0 Å². The van der Waals surface area contributed by atoms with E-state index in [-0.39, 0.29) is 0 Å². The van der Waals surface area contributed by atoms with Gasteiger partial charge < -0.3 is 9.88 Å². The number of nitrogens with one attached hydrogen (secondary N) is 1. The first-order chi connectivity index (χ1) is 9.28. The highest BCUT2D eigenvalue weighted by atomic mass is 15.2. The number of imidazole rings is 1. The Morgan fingerprint density at radius 3 is 2.95 bits per heavy atom. The van der Waals surface area contributed by atoms with Gasteiger partial charge in [0.15, 0.2) is 0 Å². The Hall–Kier alpha value is -2.94. The molecule has 0 spiro atoms. The van der Waals surface area contributed by atoms with Crippen molar-refractivity contribution in [3.05, 3.63) is 42.6 Å². The van der Waals surface area contributed by atoms with Crippen LogP contribution in [0, 0.1) is 11.3 Å². The van der Waals surface area contributed by atoms with Crippen LogP contribution in [-0.2, 0) is 0 Å². The number of fused-ring (bicyclic) bond motifs is 1.